The Morgan fingerprint density at radius 2 is 2.31 bits per heavy atom. The van der Waals surface area contributed by atoms with Crippen LogP contribution in [0.4, 0.5) is 0 Å². The van der Waals surface area contributed by atoms with Crippen molar-refractivity contribution in [2.24, 2.45) is 5.92 Å². The first kappa shape index (κ1) is 12.5. The molecule has 0 aliphatic rings. The minimum absolute atomic E-state index is 0.104. The van der Waals surface area contributed by atoms with E-state index in [-0.39, 0.29) is 12.1 Å². The predicted molar refractivity (Wildman–Crippen MR) is 60.3 cm³/mol. The van der Waals surface area contributed by atoms with Gasteiger partial charge in [0, 0.05) is 25.4 Å². The Bertz CT molecular complexity index is 381. The number of carboxylic acids is 1. The second-order valence-electron chi connectivity index (χ2n) is 3.95. The van der Waals surface area contributed by atoms with Crippen LogP contribution in [0.15, 0.2) is 17.2 Å². The Kier molecular flexibility index (Phi) is 4.82. The molecule has 16 heavy (non-hydrogen) atoms. The summed E-state index contributed by atoms with van der Waals surface area (Å²) in [4.78, 5) is 24.2. The predicted octanol–water partition coefficient (Wildman–Crippen LogP) is 1.46. The summed E-state index contributed by atoms with van der Waals surface area (Å²) < 4.78 is 1.61. The number of carboxylic acid groups (broad SMARTS) is 1. The zero-order valence-corrected chi connectivity index (χ0v) is 9.48. The minimum Gasteiger partial charge on any atom is -0.481 e. The van der Waals surface area contributed by atoms with E-state index in [0.29, 0.717) is 18.9 Å². The second kappa shape index (κ2) is 6.15. The molecule has 5 nitrogen and oxygen atoms in total. The first-order valence-corrected chi connectivity index (χ1v) is 5.59. The van der Waals surface area contributed by atoms with Crippen LogP contribution in [0.5, 0.6) is 0 Å². The van der Waals surface area contributed by atoms with Crippen molar-refractivity contribution in [1.82, 2.24) is 9.55 Å². The van der Waals surface area contributed by atoms with Crippen molar-refractivity contribution in [1.29, 1.82) is 0 Å². The highest BCUT2D eigenvalue weighted by Crippen LogP contribution is 2.15. The number of imidazole rings is 1. The Morgan fingerprint density at radius 1 is 1.56 bits per heavy atom. The molecular formula is C11H18N2O3. The van der Waals surface area contributed by atoms with Crippen LogP contribution in [0.3, 0.4) is 0 Å². The molecule has 0 radical (unpaired) electrons. The lowest BCUT2D eigenvalue weighted by atomic mass is 9.97. The van der Waals surface area contributed by atoms with Crippen LogP contribution in [-0.2, 0) is 11.3 Å². The third-order valence-electron chi connectivity index (χ3n) is 2.84. The van der Waals surface area contributed by atoms with Crippen molar-refractivity contribution in [2.75, 3.05) is 0 Å². The Morgan fingerprint density at radius 3 is 2.81 bits per heavy atom. The van der Waals surface area contributed by atoms with Gasteiger partial charge in [-0.05, 0) is 18.8 Å². The van der Waals surface area contributed by atoms with Crippen molar-refractivity contribution >= 4 is 5.97 Å². The molecule has 0 spiro atoms. The lowest BCUT2D eigenvalue weighted by molar-refractivity contribution is -0.137. The van der Waals surface area contributed by atoms with Gasteiger partial charge in [0.05, 0.1) is 0 Å². The first-order chi connectivity index (χ1) is 7.63. The van der Waals surface area contributed by atoms with E-state index in [1.807, 2.05) is 6.92 Å². The van der Waals surface area contributed by atoms with Gasteiger partial charge in [-0.3, -0.25) is 9.36 Å². The van der Waals surface area contributed by atoms with E-state index >= 15 is 0 Å². The largest absolute Gasteiger partial charge is 0.481 e. The number of aryl methyl sites for hydroxylation is 1. The van der Waals surface area contributed by atoms with Crippen LogP contribution in [0.2, 0.25) is 0 Å². The summed E-state index contributed by atoms with van der Waals surface area (Å²) in [6.45, 7) is 2.70. The standard InChI is InChI=1S/C11H18N2O3/c1-2-9(3-4-10(14)15)5-7-13-8-6-12-11(13)16/h6,8-9H,2-5,7H2,1H3,(H,12,16)(H,14,15). The molecule has 0 bridgehead atoms. The minimum atomic E-state index is -0.753. The molecule has 5 heteroatoms. The number of nitrogens with zero attached hydrogens (tertiary/aromatic N) is 1. The Balaban J connectivity index is 2.37. The van der Waals surface area contributed by atoms with Gasteiger partial charge < -0.3 is 10.1 Å². The number of hydrogen-bond acceptors (Lipinski definition) is 2. The van der Waals surface area contributed by atoms with Gasteiger partial charge in [0.25, 0.3) is 0 Å². The summed E-state index contributed by atoms with van der Waals surface area (Å²) >= 11 is 0. The molecule has 1 unspecified atom stereocenters. The van der Waals surface area contributed by atoms with E-state index in [4.69, 9.17) is 5.11 Å². The summed E-state index contributed by atoms with van der Waals surface area (Å²) in [5, 5.41) is 8.59. The zero-order chi connectivity index (χ0) is 12.0. The van der Waals surface area contributed by atoms with Gasteiger partial charge in [-0.2, -0.15) is 0 Å². The Labute approximate surface area is 94.1 Å². The van der Waals surface area contributed by atoms with Crippen molar-refractivity contribution in [3.8, 4) is 0 Å². The van der Waals surface area contributed by atoms with E-state index in [1.165, 1.54) is 0 Å². The summed E-state index contributed by atoms with van der Waals surface area (Å²) in [6.07, 6.45) is 6.02. The van der Waals surface area contributed by atoms with Gasteiger partial charge in [-0.15, -0.1) is 0 Å². The SMILES string of the molecule is CCC(CCC(=O)O)CCn1cc[nH]c1=O. The maximum absolute atomic E-state index is 11.2. The molecule has 0 fully saturated rings. The molecule has 0 saturated carbocycles. The summed E-state index contributed by atoms with van der Waals surface area (Å²) in [6, 6.07) is 0. The maximum atomic E-state index is 11.2. The van der Waals surface area contributed by atoms with Crippen molar-refractivity contribution in [3.63, 3.8) is 0 Å². The fraction of sp³-hybridized carbons (Fsp3) is 0.636. The van der Waals surface area contributed by atoms with Crippen LogP contribution in [-0.4, -0.2) is 20.6 Å². The van der Waals surface area contributed by atoms with E-state index in [1.54, 1.807) is 17.0 Å². The van der Waals surface area contributed by atoms with E-state index in [0.717, 1.165) is 12.8 Å². The lowest BCUT2D eigenvalue weighted by Gasteiger charge is -2.13. The van der Waals surface area contributed by atoms with Gasteiger partial charge in [-0.25, -0.2) is 4.79 Å². The highest BCUT2D eigenvalue weighted by atomic mass is 16.4. The van der Waals surface area contributed by atoms with Crippen molar-refractivity contribution in [3.05, 3.63) is 22.9 Å². The molecule has 0 saturated heterocycles. The number of nitrogens with one attached hydrogen (secondary N) is 1. The van der Waals surface area contributed by atoms with Crippen LogP contribution in [0.25, 0.3) is 0 Å². The van der Waals surface area contributed by atoms with E-state index in [2.05, 4.69) is 4.98 Å². The van der Waals surface area contributed by atoms with E-state index in [9.17, 15) is 9.59 Å². The third kappa shape index (κ3) is 3.92. The van der Waals surface area contributed by atoms with Gasteiger partial charge >= 0.3 is 11.7 Å². The summed E-state index contributed by atoms with van der Waals surface area (Å²) in [5.41, 5.74) is -0.104. The molecule has 1 aromatic rings. The van der Waals surface area contributed by atoms with Crippen LogP contribution >= 0.6 is 0 Å². The molecule has 2 N–H and O–H groups in total. The number of aliphatic carboxylic acids is 1. The highest BCUT2D eigenvalue weighted by molar-refractivity contribution is 5.66. The topological polar surface area (TPSA) is 75.1 Å². The zero-order valence-electron chi connectivity index (χ0n) is 9.48. The van der Waals surface area contributed by atoms with Crippen LogP contribution in [0, 0.1) is 5.92 Å². The number of aromatic nitrogens is 2. The highest BCUT2D eigenvalue weighted by Gasteiger charge is 2.09. The number of H-pyrrole nitrogens is 1. The molecule has 0 amide bonds. The third-order valence-corrected chi connectivity index (χ3v) is 2.84. The Hall–Kier alpha value is -1.52. The fourth-order valence-corrected chi connectivity index (χ4v) is 1.73. The monoisotopic (exact) mass is 226 g/mol. The first-order valence-electron chi connectivity index (χ1n) is 5.59. The van der Waals surface area contributed by atoms with Crippen molar-refractivity contribution < 1.29 is 9.90 Å². The lowest BCUT2D eigenvalue weighted by Crippen LogP contribution is -2.18. The molecule has 1 heterocycles. The average Bonchev–Trinajstić information content (AvgIpc) is 2.64. The summed E-state index contributed by atoms with van der Waals surface area (Å²) in [5.74, 6) is -0.379. The average molecular weight is 226 g/mol. The van der Waals surface area contributed by atoms with E-state index < -0.39 is 5.97 Å². The maximum Gasteiger partial charge on any atom is 0.325 e. The molecule has 0 aliphatic heterocycles. The quantitative estimate of drug-likeness (QED) is 0.739. The van der Waals surface area contributed by atoms with Gasteiger partial charge in [0.1, 0.15) is 0 Å². The number of carbonyl (C=O) groups is 1. The molecule has 1 rings (SSSR count). The number of rotatable bonds is 7. The molecular weight excluding hydrogens is 208 g/mol. The summed E-state index contributed by atoms with van der Waals surface area (Å²) in [7, 11) is 0. The molecule has 90 valence electrons. The molecule has 0 aliphatic carbocycles. The smallest absolute Gasteiger partial charge is 0.325 e. The van der Waals surface area contributed by atoms with Crippen molar-refractivity contribution in [2.45, 2.75) is 39.2 Å². The molecule has 1 aromatic heterocycles. The molecule has 1 atom stereocenters. The van der Waals surface area contributed by atoms with Gasteiger partial charge in [-0.1, -0.05) is 13.3 Å². The van der Waals surface area contributed by atoms with Crippen LogP contribution < -0.4 is 5.69 Å². The molecule has 0 aromatic carbocycles. The second-order valence-corrected chi connectivity index (χ2v) is 3.95. The van der Waals surface area contributed by atoms with Gasteiger partial charge in [0.15, 0.2) is 0 Å². The number of hydrogen-bond donors (Lipinski definition) is 2. The number of aromatic amines is 1. The fourth-order valence-electron chi connectivity index (χ4n) is 1.73. The van der Waals surface area contributed by atoms with Gasteiger partial charge in [0.2, 0.25) is 0 Å². The van der Waals surface area contributed by atoms with Crippen LogP contribution in [0.1, 0.15) is 32.6 Å². The normalized spacial score (nSPS) is 12.6.